The van der Waals surface area contributed by atoms with Gasteiger partial charge in [0.25, 0.3) is 0 Å². The average molecular weight is 1300 g/mol. The van der Waals surface area contributed by atoms with Crippen molar-refractivity contribution in [1.29, 1.82) is 0 Å². The Balaban J connectivity index is 0.607. The van der Waals surface area contributed by atoms with Crippen molar-refractivity contribution in [2.24, 2.45) is 0 Å². The SMILES string of the molecule is c1cc(-c2ccc(N(c3ccc(-c4ccc5oc6ccccc6c5c4)cc3)c3ccc(-n4c5ccccc5c5ccccc54)cc3)cc2)cc(-c2cccc(-c3ccc(N(c4ccc(-c5ccc6oc7ccccc7c6c5)cc4)c4ccc(-n5c6ccccc6c6ccccc65)cc4)cc3)c2)c1. The van der Waals surface area contributed by atoms with Crippen LogP contribution in [0.1, 0.15) is 0 Å². The third-order valence-electron chi connectivity index (χ3n) is 20.5. The normalized spacial score (nSPS) is 11.7. The van der Waals surface area contributed by atoms with Crippen molar-refractivity contribution < 1.29 is 8.83 Å². The zero-order valence-electron chi connectivity index (χ0n) is 55.4. The molecule has 20 aromatic rings. The first kappa shape index (κ1) is 58.5. The van der Waals surface area contributed by atoms with Crippen LogP contribution in [0.2, 0.25) is 0 Å². The van der Waals surface area contributed by atoms with E-state index in [0.29, 0.717) is 0 Å². The summed E-state index contributed by atoms with van der Waals surface area (Å²) in [6.07, 6.45) is 0. The number of hydrogen-bond acceptors (Lipinski definition) is 4. The number of benzene rings is 16. The van der Waals surface area contributed by atoms with Gasteiger partial charge in [-0.1, -0.05) is 206 Å². The maximum atomic E-state index is 6.21. The molecule has 478 valence electrons. The molecule has 0 saturated carbocycles. The van der Waals surface area contributed by atoms with Gasteiger partial charge in [-0.3, -0.25) is 0 Å². The number of rotatable bonds is 13. The first-order chi connectivity index (χ1) is 50.5. The molecule has 0 amide bonds. The van der Waals surface area contributed by atoms with Crippen LogP contribution >= 0.6 is 0 Å². The molecule has 0 bridgehead atoms. The minimum atomic E-state index is 0.892. The van der Waals surface area contributed by atoms with E-state index in [1.165, 1.54) is 43.6 Å². The summed E-state index contributed by atoms with van der Waals surface area (Å²) in [6.45, 7) is 0. The third kappa shape index (κ3) is 10.0. The Morgan fingerprint density at radius 3 is 0.716 bits per heavy atom. The molecular formula is C96H62N4O2. The molecule has 16 aromatic carbocycles. The van der Waals surface area contributed by atoms with Gasteiger partial charge >= 0.3 is 0 Å². The number of fused-ring (bicyclic) bond motifs is 12. The van der Waals surface area contributed by atoms with Crippen molar-refractivity contribution in [2.45, 2.75) is 0 Å². The second-order valence-corrected chi connectivity index (χ2v) is 26.4. The fraction of sp³-hybridized carbons (Fsp3) is 0. The molecule has 0 N–H and O–H groups in total. The van der Waals surface area contributed by atoms with Crippen LogP contribution in [0, 0.1) is 0 Å². The zero-order chi connectivity index (χ0) is 67.2. The minimum Gasteiger partial charge on any atom is -0.456 e. The topological polar surface area (TPSA) is 42.6 Å². The van der Waals surface area contributed by atoms with Gasteiger partial charge in [0.15, 0.2) is 0 Å². The highest BCUT2D eigenvalue weighted by atomic mass is 16.3. The van der Waals surface area contributed by atoms with Crippen LogP contribution in [-0.2, 0) is 0 Å². The molecule has 0 aliphatic heterocycles. The van der Waals surface area contributed by atoms with E-state index in [-0.39, 0.29) is 0 Å². The van der Waals surface area contributed by atoms with Gasteiger partial charge in [0.2, 0.25) is 0 Å². The maximum Gasteiger partial charge on any atom is 0.135 e. The van der Waals surface area contributed by atoms with E-state index in [4.69, 9.17) is 8.83 Å². The van der Waals surface area contributed by atoms with E-state index in [1.54, 1.807) is 0 Å². The van der Waals surface area contributed by atoms with Crippen LogP contribution < -0.4 is 9.80 Å². The van der Waals surface area contributed by atoms with Crippen LogP contribution in [0.25, 0.3) is 154 Å². The highest BCUT2D eigenvalue weighted by Crippen LogP contribution is 2.44. The van der Waals surface area contributed by atoms with Gasteiger partial charge in [0.1, 0.15) is 22.3 Å². The number of nitrogens with zero attached hydrogens (tertiary/aromatic N) is 4. The van der Waals surface area contributed by atoms with Crippen molar-refractivity contribution in [1.82, 2.24) is 9.13 Å². The second kappa shape index (κ2) is 24.1. The van der Waals surface area contributed by atoms with Crippen LogP contribution in [0.4, 0.5) is 34.1 Å². The largest absolute Gasteiger partial charge is 0.456 e. The first-order valence-electron chi connectivity index (χ1n) is 34.8. The van der Waals surface area contributed by atoms with Gasteiger partial charge in [0.05, 0.1) is 22.1 Å². The second-order valence-electron chi connectivity index (χ2n) is 26.4. The van der Waals surface area contributed by atoms with E-state index in [2.05, 4.69) is 371 Å². The maximum absolute atomic E-state index is 6.21. The number of para-hydroxylation sites is 6. The molecule has 0 aliphatic rings. The summed E-state index contributed by atoms with van der Waals surface area (Å²) in [4.78, 5) is 4.71. The molecule has 6 nitrogen and oxygen atoms in total. The molecule has 0 saturated heterocycles. The molecular weight excluding hydrogens is 1240 g/mol. The quantitative estimate of drug-likeness (QED) is 0.115. The third-order valence-corrected chi connectivity index (χ3v) is 20.5. The summed E-state index contributed by atoms with van der Waals surface area (Å²) < 4.78 is 17.2. The summed E-state index contributed by atoms with van der Waals surface area (Å²) >= 11 is 0. The lowest BCUT2D eigenvalue weighted by atomic mass is 9.96. The molecule has 0 aliphatic carbocycles. The van der Waals surface area contributed by atoms with Gasteiger partial charge in [-0.15, -0.1) is 0 Å². The van der Waals surface area contributed by atoms with E-state index in [9.17, 15) is 0 Å². The molecule has 102 heavy (non-hydrogen) atoms. The molecule has 4 aromatic heterocycles. The number of aromatic nitrogens is 2. The number of furan rings is 2. The first-order valence-corrected chi connectivity index (χ1v) is 34.8. The van der Waals surface area contributed by atoms with Crippen molar-refractivity contribution in [3.63, 3.8) is 0 Å². The van der Waals surface area contributed by atoms with Crippen LogP contribution in [0.15, 0.2) is 385 Å². The van der Waals surface area contributed by atoms with Crippen molar-refractivity contribution >= 4 is 122 Å². The average Bonchev–Trinajstić information content (AvgIpc) is 1.60. The van der Waals surface area contributed by atoms with Crippen molar-refractivity contribution in [3.8, 4) is 67.0 Å². The van der Waals surface area contributed by atoms with E-state index < -0.39 is 0 Å². The lowest BCUT2D eigenvalue weighted by molar-refractivity contribution is 0.668. The van der Waals surface area contributed by atoms with Gasteiger partial charge in [-0.25, -0.2) is 0 Å². The molecule has 20 rings (SSSR count). The molecule has 0 spiro atoms. The lowest BCUT2D eigenvalue weighted by Gasteiger charge is -2.26. The predicted molar refractivity (Wildman–Crippen MR) is 426 cm³/mol. The van der Waals surface area contributed by atoms with Crippen molar-refractivity contribution in [2.75, 3.05) is 9.80 Å². The van der Waals surface area contributed by atoms with E-state index in [1.807, 2.05) is 24.3 Å². The van der Waals surface area contributed by atoms with Crippen LogP contribution in [-0.4, -0.2) is 9.13 Å². The molecule has 0 fully saturated rings. The van der Waals surface area contributed by atoms with Gasteiger partial charge < -0.3 is 27.8 Å². The summed E-state index contributed by atoms with van der Waals surface area (Å²) in [5.41, 5.74) is 28.3. The smallest absolute Gasteiger partial charge is 0.135 e. The Morgan fingerprint density at radius 1 is 0.167 bits per heavy atom. The van der Waals surface area contributed by atoms with Gasteiger partial charge in [-0.2, -0.15) is 0 Å². The molecule has 0 radical (unpaired) electrons. The lowest BCUT2D eigenvalue weighted by Crippen LogP contribution is -2.10. The zero-order valence-corrected chi connectivity index (χ0v) is 55.4. The summed E-state index contributed by atoms with van der Waals surface area (Å²) in [5.74, 6) is 0. The van der Waals surface area contributed by atoms with Crippen LogP contribution in [0.5, 0.6) is 0 Å². The Bertz CT molecular complexity index is 6090. The van der Waals surface area contributed by atoms with E-state index >= 15 is 0 Å². The molecule has 0 atom stereocenters. The highest BCUT2D eigenvalue weighted by Gasteiger charge is 2.21. The van der Waals surface area contributed by atoms with Crippen LogP contribution in [0.3, 0.4) is 0 Å². The standard InChI is InChI=1S/C96H62N4O2/c1-7-25-89-81(19-1)82-20-2-8-26-90(82)99(89)79-53-49-77(50-54-79)97(75-45-35-65(36-46-75)71-39-57-95-87(61-71)85-23-5-11-29-93(85)101-95)73-41-31-63(32-42-73)67-15-13-17-69(59-67)70-18-14-16-68(60-70)64-33-43-74(44-34-64)98(76-47-37-66(38-48-76)72-40-58-96-88(62-72)86-24-6-12-30-94(86)102-96)78-51-55-80(56-52-78)100-91-27-9-3-21-83(91)84-22-4-10-28-92(84)100/h1-62H. The van der Waals surface area contributed by atoms with Gasteiger partial charge in [0, 0.05) is 88.6 Å². The fourth-order valence-corrected chi connectivity index (χ4v) is 15.6. The fourth-order valence-electron chi connectivity index (χ4n) is 15.6. The van der Waals surface area contributed by atoms with E-state index in [0.717, 1.165) is 145 Å². The number of anilines is 6. The highest BCUT2D eigenvalue weighted by molar-refractivity contribution is 6.11. The summed E-state index contributed by atoms with van der Waals surface area (Å²) in [6, 6.07) is 136. The molecule has 4 heterocycles. The van der Waals surface area contributed by atoms with Gasteiger partial charge in [-0.05, 0) is 225 Å². The Hall–Kier alpha value is -13.7. The Labute approximate surface area is 588 Å². The predicted octanol–water partition coefficient (Wildman–Crippen LogP) is 27.0. The molecule has 0 unspecified atom stereocenters. The molecule has 6 heteroatoms. The monoisotopic (exact) mass is 1300 g/mol. The van der Waals surface area contributed by atoms with Crippen molar-refractivity contribution in [3.05, 3.63) is 376 Å². The summed E-state index contributed by atoms with van der Waals surface area (Å²) in [5, 5.41) is 9.45. The Kier molecular flexibility index (Phi) is 13.8. The Morgan fingerprint density at radius 2 is 0.402 bits per heavy atom. The summed E-state index contributed by atoms with van der Waals surface area (Å²) in [7, 11) is 0. The minimum absolute atomic E-state index is 0.892. The number of hydrogen-bond donors (Lipinski definition) is 0.